The van der Waals surface area contributed by atoms with Gasteiger partial charge in [-0.1, -0.05) is 25.4 Å². The maximum absolute atomic E-state index is 13.9. The van der Waals surface area contributed by atoms with Crippen LogP contribution in [0.2, 0.25) is 5.02 Å². The van der Waals surface area contributed by atoms with Crippen LogP contribution in [0.15, 0.2) is 18.2 Å². The first-order chi connectivity index (χ1) is 9.02. The van der Waals surface area contributed by atoms with Gasteiger partial charge >= 0.3 is 0 Å². The standard InChI is InChI=1S/C13H14Cl2FN3/c1-8(2)7-19-12(6-14)17-18-13(19)10-5-9(15)3-4-11(10)16/h3-5,8H,6-7H2,1-2H3. The maximum Gasteiger partial charge on any atom is 0.167 e. The molecule has 3 nitrogen and oxygen atoms in total. The third-order valence-electron chi connectivity index (χ3n) is 2.66. The van der Waals surface area contributed by atoms with Gasteiger partial charge in [0.05, 0.1) is 11.4 Å². The van der Waals surface area contributed by atoms with Crippen molar-refractivity contribution >= 4 is 23.2 Å². The first kappa shape index (κ1) is 14.3. The largest absolute Gasteiger partial charge is 0.310 e. The van der Waals surface area contributed by atoms with Gasteiger partial charge in [0, 0.05) is 11.6 Å². The third kappa shape index (κ3) is 3.07. The number of benzene rings is 1. The Hall–Kier alpha value is -1.13. The topological polar surface area (TPSA) is 30.7 Å². The second kappa shape index (κ2) is 5.88. The van der Waals surface area contributed by atoms with Crippen molar-refractivity contribution in [3.05, 3.63) is 34.9 Å². The molecule has 6 heteroatoms. The van der Waals surface area contributed by atoms with E-state index in [1.165, 1.54) is 12.1 Å². The van der Waals surface area contributed by atoms with E-state index in [1.807, 2.05) is 4.57 Å². The molecule has 0 aliphatic rings. The number of hydrogen-bond acceptors (Lipinski definition) is 2. The van der Waals surface area contributed by atoms with Gasteiger partial charge in [0.1, 0.15) is 11.6 Å². The molecule has 1 aromatic carbocycles. The smallest absolute Gasteiger partial charge is 0.167 e. The zero-order valence-electron chi connectivity index (χ0n) is 10.7. The van der Waals surface area contributed by atoms with E-state index in [1.54, 1.807) is 6.07 Å². The van der Waals surface area contributed by atoms with E-state index in [-0.39, 0.29) is 11.7 Å². The first-order valence-electron chi connectivity index (χ1n) is 5.96. The molecule has 0 atom stereocenters. The zero-order valence-corrected chi connectivity index (χ0v) is 12.2. The Labute approximate surface area is 121 Å². The summed E-state index contributed by atoms with van der Waals surface area (Å²) in [6.07, 6.45) is 0. The average molecular weight is 302 g/mol. The molecule has 0 saturated carbocycles. The van der Waals surface area contributed by atoms with Crippen LogP contribution in [-0.2, 0) is 12.4 Å². The van der Waals surface area contributed by atoms with Crippen molar-refractivity contribution in [3.63, 3.8) is 0 Å². The highest BCUT2D eigenvalue weighted by molar-refractivity contribution is 6.30. The fraction of sp³-hybridized carbons (Fsp3) is 0.385. The molecule has 0 spiro atoms. The molecule has 2 aromatic rings. The van der Waals surface area contributed by atoms with E-state index < -0.39 is 0 Å². The predicted molar refractivity (Wildman–Crippen MR) is 74.8 cm³/mol. The minimum absolute atomic E-state index is 0.238. The molecule has 0 N–H and O–H groups in total. The van der Waals surface area contributed by atoms with Crippen LogP contribution in [0.1, 0.15) is 19.7 Å². The molecule has 19 heavy (non-hydrogen) atoms. The molecule has 0 unspecified atom stereocenters. The van der Waals surface area contributed by atoms with Gasteiger partial charge in [-0.3, -0.25) is 0 Å². The molecular weight excluding hydrogens is 288 g/mol. The number of aromatic nitrogens is 3. The van der Waals surface area contributed by atoms with Gasteiger partial charge < -0.3 is 4.57 Å². The highest BCUT2D eigenvalue weighted by Gasteiger charge is 2.17. The highest BCUT2D eigenvalue weighted by Crippen LogP contribution is 2.26. The van der Waals surface area contributed by atoms with Gasteiger partial charge in [-0.2, -0.15) is 0 Å². The van der Waals surface area contributed by atoms with Crippen molar-refractivity contribution in [1.82, 2.24) is 14.8 Å². The van der Waals surface area contributed by atoms with Crippen molar-refractivity contribution in [3.8, 4) is 11.4 Å². The highest BCUT2D eigenvalue weighted by atomic mass is 35.5. The lowest BCUT2D eigenvalue weighted by atomic mass is 10.1. The summed E-state index contributed by atoms with van der Waals surface area (Å²) in [5, 5.41) is 8.51. The summed E-state index contributed by atoms with van der Waals surface area (Å²) in [5.74, 6) is 1.33. The van der Waals surface area contributed by atoms with Crippen molar-refractivity contribution < 1.29 is 4.39 Å². The summed E-state index contributed by atoms with van der Waals surface area (Å²) in [6.45, 7) is 4.81. The second-order valence-electron chi connectivity index (χ2n) is 4.70. The van der Waals surface area contributed by atoms with Crippen molar-refractivity contribution in [2.45, 2.75) is 26.3 Å². The predicted octanol–water partition coefficient (Wildman–Crippen LogP) is 4.13. The number of alkyl halides is 1. The lowest BCUT2D eigenvalue weighted by Crippen LogP contribution is -2.09. The Bertz CT molecular complexity index is 581. The monoisotopic (exact) mass is 301 g/mol. The fourth-order valence-corrected chi connectivity index (χ4v) is 2.23. The van der Waals surface area contributed by atoms with E-state index in [9.17, 15) is 4.39 Å². The van der Waals surface area contributed by atoms with Gasteiger partial charge in [0.15, 0.2) is 5.82 Å². The van der Waals surface area contributed by atoms with E-state index in [4.69, 9.17) is 23.2 Å². The number of halogens is 3. The summed E-state index contributed by atoms with van der Waals surface area (Å²) in [7, 11) is 0. The van der Waals surface area contributed by atoms with Crippen LogP contribution in [0.3, 0.4) is 0 Å². The van der Waals surface area contributed by atoms with Crippen LogP contribution in [0.5, 0.6) is 0 Å². The van der Waals surface area contributed by atoms with E-state index in [0.717, 1.165) is 0 Å². The third-order valence-corrected chi connectivity index (χ3v) is 3.14. The van der Waals surface area contributed by atoms with Crippen LogP contribution in [0.4, 0.5) is 4.39 Å². The number of rotatable bonds is 4. The zero-order chi connectivity index (χ0) is 14.0. The Morgan fingerprint density at radius 3 is 2.68 bits per heavy atom. The molecule has 1 aromatic heterocycles. The van der Waals surface area contributed by atoms with E-state index >= 15 is 0 Å². The molecule has 2 rings (SSSR count). The molecular formula is C13H14Cl2FN3. The molecule has 1 heterocycles. The molecule has 0 fully saturated rings. The SMILES string of the molecule is CC(C)Cn1c(CCl)nnc1-c1cc(Cl)ccc1F. The Morgan fingerprint density at radius 1 is 1.32 bits per heavy atom. The summed E-state index contributed by atoms with van der Waals surface area (Å²) in [4.78, 5) is 0. The summed E-state index contributed by atoms with van der Waals surface area (Å²) in [5.41, 5.74) is 0.344. The average Bonchev–Trinajstić information content (AvgIpc) is 2.74. The van der Waals surface area contributed by atoms with Gasteiger partial charge in [-0.15, -0.1) is 21.8 Å². The minimum Gasteiger partial charge on any atom is -0.310 e. The van der Waals surface area contributed by atoms with Crippen LogP contribution >= 0.6 is 23.2 Å². The van der Waals surface area contributed by atoms with Crippen LogP contribution < -0.4 is 0 Å². The van der Waals surface area contributed by atoms with Crippen molar-refractivity contribution in [2.75, 3.05) is 0 Å². The maximum atomic E-state index is 13.9. The minimum atomic E-state index is -0.372. The molecule has 0 radical (unpaired) electrons. The van der Waals surface area contributed by atoms with Crippen molar-refractivity contribution in [1.29, 1.82) is 0 Å². The molecule has 0 saturated heterocycles. The normalized spacial score (nSPS) is 11.3. The van der Waals surface area contributed by atoms with Gasteiger partial charge in [0.2, 0.25) is 0 Å². The molecule has 0 bridgehead atoms. The van der Waals surface area contributed by atoms with Crippen LogP contribution in [-0.4, -0.2) is 14.8 Å². The van der Waals surface area contributed by atoms with Crippen LogP contribution in [0, 0.1) is 11.7 Å². The van der Waals surface area contributed by atoms with Gasteiger partial charge in [-0.25, -0.2) is 4.39 Å². The second-order valence-corrected chi connectivity index (χ2v) is 5.41. The summed E-state index contributed by atoms with van der Waals surface area (Å²) < 4.78 is 15.8. The Kier molecular flexibility index (Phi) is 4.42. The van der Waals surface area contributed by atoms with Gasteiger partial charge in [-0.05, 0) is 24.1 Å². The lowest BCUT2D eigenvalue weighted by Gasteiger charge is -2.12. The summed E-state index contributed by atoms with van der Waals surface area (Å²) in [6, 6.07) is 4.38. The van der Waals surface area contributed by atoms with E-state index in [0.29, 0.717) is 34.7 Å². The van der Waals surface area contributed by atoms with Crippen molar-refractivity contribution in [2.24, 2.45) is 5.92 Å². The van der Waals surface area contributed by atoms with Crippen LogP contribution in [0.25, 0.3) is 11.4 Å². The first-order valence-corrected chi connectivity index (χ1v) is 6.87. The lowest BCUT2D eigenvalue weighted by molar-refractivity contribution is 0.514. The fourth-order valence-electron chi connectivity index (χ4n) is 1.86. The molecule has 0 aliphatic heterocycles. The molecule has 102 valence electrons. The Balaban J connectivity index is 2.55. The van der Waals surface area contributed by atoms with Gasteiger partial charge in [0.25, 0.3) is 0 Å². The quantitative estimate of drug-likeness (QED) is 0.795. The Morgan fingerprint density at radius 2 is 2.05 bits per heavy atom. The molecule has 0 amide bonds. The summed E-state index contributed by atoms with van der Waals surface area (Å²) >= 11 is 11.8. The number of nitrogens with zero attached hydrogens (tertiary/aromatic N) is 3. The number of hydrogen-bond donors (Lipinski definition) is 0. The van der Waals surface area contributed by atoms with E-state index in [2.05, 4.69) is 24.0 Å². The molecule has 0 aliphatic carbocycles.